The van der Waals surface area contributed by atoms with Gasteiger partial charge in [-0.15, -0.1) is 0 Å². The molecule has 0 radical (unpaired) electrons. The van der Waals surface area contributed by atoms with Crippen molar-refractivity contribution in [3.63, 3.8) is 0 Å². The van der Waals surface area contributed by atoms with Crippen LogP contribution in [-0.4, -0.2) is 44.3 Å². The first-order valence-corrected chi connectivity index (χ1v) is 16.8. The Morgan fingerprint density at radius 3 is 2.11 bits per heavy atom. The van der Waals surface area contributed by atoms with Crippen LogP contribution in [0.15, 0.2) is 108 Å². The highest BCUT2D eigenvalue weighted by molar-refractivity contribution is 7.92. The molecule has 0 unspecified atom stereocenters. The maximum absolute atomic E-state index is 14.5. The minimum atomic E-state index is -4.16. The average Bonchev–Trinajstić information content (AvgIpc) is 3.01. The van der Waals surface area contributed by atoms with Crippen molar-refractivity contribution in [1.82, 2.24) is 10.2 Å². The first-order chi connectivity index (χ1) is 21.4. The first kappa shape index (κ1) is 33.7. The molecule has 0 heterocycles. The van der Waals surface area contributed by atoms with Gasteiger partial charge in [0.15, 0.2) is 0 Å². The van der Waals surface area contributed by atoms with Gasteiger partial charge in [-0.3, -0.25) is 13.9 Å². The molecule has 0 aromatic heterocycles. The fourth-order valence-electron chi connectivity index (χ4n) is 4.96. The number of amides is 2. The highest BCUT2D eigenvalue weighted by Crippen LogP contribution is 2.26. The number of hydrogen-bond donors (Lipinski definition) is 1. The van der Waals surface area contributed by atoms with E-state index in [4.69, 9.17) is 11.6 Å². The topological polar surface area (TPSA) is 86.8 Å². The lowest BCUT2D eigenvalue weighted by Gasteiger charge is -2.34. The van der Waals surface area contributed by atoms with Gasteiger partial charge in [-0.2, -0.15) is 0 Å². The third-order valence-electron chi connectivity index (χ3n) is 7.38. The van der Waals surface area contributed by atoms with Crippen LogP contribution in [0.25, 0.3) is 0 Å². The summed E-state index contributed by atoms with van der Waals surface area (Å²) in [5, 5.41) is 3.49. The number of nitrogens with zero attached hydrogens (tertiary/aromatic N) is 2. The van der Waals surface area contributed by atoms with Crippen LogP contribution in [0.2, 0.25) is 5.02 Å². The van der Waals surface area contributed by atoms with Gasteiger partial charge in [0.1, 0.15) is 12.6 Å². The van der Waals surface area contributed by atoms with Crippen LogP contribution in [0, 0.1) is 19.8 Å². The van der Waals surface area contributed by atoms with Crippen molar-refractivity contribution in [2.75, 3.05) is 17.4 Å². The molecule has 4 rings (SSSR count). The monoisotopic (exact) mass is 645 g/mol. The van der Waals surface area contributed by atoms with Crippen LogP contribution in [0.3, 0.4) is 0 Å². The number of aryl methyl sites for hydroxylation is 2. The van der Waals surface area contributed by atoms with Gasteiger partial charge in [0.2, 0.25) is 11.8 Å². The van der Waals surface area contributed by atoms with E-state index in [-0.39, 0.29) is 29.7 Å². The fourth-order valence-corrected chi connectivity index (χ4v) is 6.58. The first-order valence-electron chi connectivity index (χ1n) is 15.0. The molecular weight excluding hydrogens is 606 g/mol. The Balaban J connectivity index is 1.80. The van der Waals surface area contributed by atoms with E-state index in [1.54, 1.807) is 60.7 Å². The Labute approximate surface area is 271 Å². The molecule has 0 aliphatic rings. The van der Waals surface area contributed by atoms with Gasteiger partial charge < -0.3 is 10.2 Å². The van der Waals surface area contributed by atoms with Crippen molar-refractivity contribution < 1.29 is 18.0 Å². The van der Waals surface area contributed by atoms with Crippen molar-refractivity contribution in [2.24, 2.45) is 5.92 Å². The standard InChI is InChI=1S/C36H40ClN3O4S/c1-26(2)23-38-36(42)34(22-29-11-6-5-7-12-29)39(24-30-13-9-14-31(37)21-30)35(41)25-40(32-15-8-10-28(4)20-32)45(43,44)33-18-16-27(3)17-19-33/h5-21,26,34H,22-25H2,1-4H3,(H,38,42)/t34-/m1/s1. The lowest BCUT2D eigenvalue weighted by atomic mass is 10.0. The highest BCUT2D eigenvalue weighted by atomic mass is 35.5. The van der Waals surface area contributed by atoms with Gasteiger partial charge in [0, 0.05) is 24.5 Å². The van der Waals surface area contributed by atoms with E-state index < -0.39 is 28.5 Å². The maximum atomic E-state index is 14.5. The van der Waals surface area contributed by atoms with E-state index in [0.29, 0.717) is 22.8 Å². The molecular formula is C36H40ClN3O4S. The molecule has 2 amide bonds. The highest BCUT2D eigenvalue weighted by Gasteiger charge is 2.34. The van der Waals surface area contributed by atoms with E-state index in [1.165, 1.54) is 4.90 Å². The molecule has 0 aliphatic carbocycles. The smallest absolute Gasteiger partial charge is 0.264 e. The normalized spacial score (nSPS) is 12.0. The van der Waals surface area contributed by atoms with E-state index >= 15 is 0 Å². The molecule has 236 valence electrons. The van der Waals surface area contributed by atoms with Crippen LogP contribution in [0.1, 0.15) is 36.1 Å². The predicted molar refractivity (Wildman–Crippen MR) is 181 cm³/mol. The molecule has 0 bridgehead atoms. The van der Waals surface area contributed by atoms with Gasteiger partial charge in [-0.05, 0) is 72.9 Å². The zero-order valence-electron chi connectivity index (χ0n) is 26.1. The Morgan fingerprint density at radius 2 is 1.47 bits per heavy atom. The van der Waals surface area contributed by atoms with Gasteiger partial charge in [0.05, 0.1) is 10.6 Å². The summed E-state index contributed by atoms with van der Waals surface area (Å²) in [6, 6.07) is 29.2. The largest absolute Gasteiger partial charge is 0.354 e. The molecule has 7 nitrogen and oxygen atoms in total. The summed E-state index contributed by atoms with van der Waals surface area (Å²) >= 11 is 6.31. The minimum absolute atomic E-state index is 0.0538. The molecule has 4 aromatic carbocycles. The Morgan fingerprint density at radius 1 is 0.800 bits per heavy atom. The lowest BCUT2D eigenvalue weighted by Crippen LogP contribution is -2.53. The van der Waals surface area contributed by atoms with E-state index in [2.05, 4.69) is 5.32 Å². The molecule has 0 fully saturated rings. The van der Waals surface area contributed by atoms with Crippen molar-refractivity contribution in [3.05, 3.63) is 130 Å². The number of anilines is 1. The van der Waals surface area contributed by atoms with Gasteiger partial charge >= 0.3 is 0 Å². The molecule has 0 spiro atoms. The molecule has 0 saturated carbocycles. The lowest BCUT2D eigenvalue weighted by molar-refractivity contribution is -0.140. The van der Waals surface area contributed by atoms with Crippen molar-refractivity contribution in [3.8, 4) is 0 Å². The summed E-state index contributed by atoms with van der Waals surface area (Å²) in [6.45, 7) is 7.71. The van der Waals surface area contributed by atoms with Gasteiger partial charge in [-0.1, -0.05) is 97.7 Å². The number of sulfonamides is 1. The van der Waals surface area contributed by atoms with Crippen LogP contribution in [0.5, 0.6) is 0 Å². The van der Waals surface area contributed by atoms with Gasteiger partial charge in [0.25, 0.3) is 10.0 Å². The second kappa shape index (κ2) is 15.2. The molecule has 0 aliphatic heterocycles. The molecule has 1 atom stereocenters. The number of rotatable bonds is 13. The third-order valence-corrected chi connectivity index (χ3v) is 9.40. The summed E-state index contributed by atoms with van der Waals surface area (Å²) < 4.78 is 29.4. The van der Waals surface area contributed by atoms with E-state index in [1.807, 2.05) is 70.2 Å². The molecule has 4 aromatic rings. The van der Waals surface area contributed by atoms with E-state index in [9.17, 15) is 18.0 Å². The maximum Gasteiger partial charge on any atom is 0.264 e. The van der Waals surface area contributed by atoms with Gasteiger partial charge in [-0.25, -0.2) is 8.42 Å². The Bertz CT molecular complexity index is 1710. The number of carbonyl (C=O) groups excluding carboxylic acids is 2. The number of nitrogens with one attached hydrogen (secondary N) is 1. The Kier molecular flexibility index (Phi) is 11.4. The van der Waals surface area contributed by atoms with Crippen LogP contribution in [0.4, 0.5) is 5.69 Å². The summed E-state index contributed by atoms with van der Waals surface area (Å²) in [5.74, 6) is -0.640. The molecule has 9 heteroatoms. The third kappa shape index (κ3) is 9.19. The molecule has 0 saturated heterocycles. The number of carbonyl (C=O) groups is 2. The van der Waals surface area contributed by atoms with Crippen molar-refractivity contribution in [1.29, 1.82) is 0 Å². The SMILES string of the molecule is Cc1ccc(S(=O)(=O)N(CC(=O)N(Cc2cccc(Cl)c2)[C@H](Cc2ccccc2)C(=O)NCC(C)C)c2cccc(C)c2)cc1. The zero-order chi connectivity index (χ0) is 32.6. The Hall–Kier alpha value is -4.14. The van der Waals surface area contributed by atoms with Crippen molar-refractivity contribution in [2.45, 2.75) is 51.6 Å². The van der Waals surface area contributed by atoms with E-state index in [0.717, 1.165) is 21.0 Å². The minimum Gasteiger partial charge on any atom is -0.354 e. The quantitative estimate of drug-likeness (QED) is 0.178. The summed E-state index contributed by atoms with van der Waals surface area (Å²) in [5.41, 5.74) is 3.70. The fraction of sp³-hybridized carbons (Fsp3) is 0.278. The van der Waals surface area contributed by atoms with Crippen LogP contribution >= 0.6 is 11.6 Å². The summed E-state index contributed by atoms with van der Waals surface area (Å²) in [4.78, 5) is 29.9. The molecule has 45 heavy (non-hydrogen) atoms. The van der Waals surface area contributed by atoms with Crippen molar-refractivity contribution >= 4 is 39.1 Å². The summed E-state index contributed by atoms with van der Waals surface area (Å²) in [6.07, 6.45) is 0.242. The number of benzene rings is 4. The zero-order valence-corrected chi connectivity index (χ0v) is 27.7. The second-order valence-corrected chi connectivity index (χ2v) is 14.0. The predicted octanol–water partition coefficient (Wildman–Crippen LogP) is 6.56. The van der Waals surface area contributed by atoms with Crippen LogP contribution in [-0.2, 0) is 32.6 Å². The molecule has 1 N–H and O–H groups in total. The number of halogens is 1. The van der Waals surface area contributed by atoms with Crippen LogP contribution < -0.4 is 9.62 Å². The second-order valence-electron chi connectivity index (χ2n) is 11.7. The average molecular weight is 646 g/mol. The summed E-state index contributed by atoms with van der Waals surface area (Å²) in [7, 11) is -4.16. The number of hydrogen-bond acceptors (Lipinski definition) is 4.